The molecule has 0 unspecified atom stereocenters. The summed E-state index contributed by atoms with van der Waals surface area (Å²) in [5.74, 6) is 0.938. The van der Waals surface area contributed by atoms with E-state index in [1.807, 2.05) is 17.9 Å². The van der Waals surface area contributed by atoms with Crippen LogP contribution in [-0.2, 0) is 18.3 Å². The molecule has 1 aliphatic rings. The standard InChI is InChI=1S/C13H23N3OS/c1-15(8-12-7-14-16(2)9-12)10-13(11-18)3-5-17-6-4-13/h7,9,18H,3-6,8,10-11H2,1-2H3. The minimum atomic E-state index is 0.318. The molecular formula is C13H23N3OS. The highest BCUT2D eigenvalue weighted by atomic mass is 32.1. The highest BCUT2D eigenvalue weighted by molar-refractivity contribution is 7.80. The summed E-state index contributed by atoms with van der Waals surface area (Å²) in [6.07, 6.45) is 6.25. The normalized spacial score (nSPS) is 19.3. The second-order valence-electron chi connectivity index (χ2n) is 5.47. The van der Waals surface area contributed by atoms with Gasteiger partial charge in [0.15, 0.2) is 0 Å². The molecule has 0 N–H and O–H groups in total. The van der Waals surface area contributed by atoms with E-state index in [0.717, 1.165) is 44.9 Å². The van der Waals surface area contributed by atoms with Crippen LogP contribution in [0.5, 0.6) is 0 Å². The monoisotopic (exact) mass is 269 g/mol. The molecule has 0 saturated carbocycles. The third-order valence-corrected chi connectivity index (χ3v) is 4.38. The first kappa shape index (κ1) is 13.9. The van der Waals surface area contributed by atoms with Gasteiger partial charge in [0, 0.05) is 45.1 Å². The molecule has 18 heavy (non-hydrogen) atoms. The largest absolute Gasteiger partial charge is 0.381 e. The number of ether oxygens (including phenoxy) is 1. The van der Waals surface area contributed by atoms with Gasteiger partial charge in [-0.2, -0.15) is 17.7 Å². The van der Waals surface area contributed by atoms with E-state index in [2.05, 4.69) is 35.9 Å². The molecule has 0 aromatic carbocycles. The Kier molecular flexibility index (Phi) is 4.70. The van der Waals surface area contributed by atoms with Crippen molar-refractivity contribution in [3.05, 3.63) is 18.0 Å². The molecule has 1 aromatic rings. The van der Waals surface area contributed by atoms with Gasteiger partial charge < -0.3 is 9.64 Å². The lowest BCUT2D eigenvalue weighted by atomic mass is 9.81. The van der Waals surface area contributed by atoms with Gasteiger partial charge in [0.25, 0.3) is 0 Å². The second-order valence-corrected chi connectivity index (χ2v) is 5.78. The minimum absolute atomic E-state index is 0.318. The lowest BCUT2D eigenvalue weighted by Gasteiger charge is -2.39. The number of nitrogens with zero attached hydrogens (tertiary/aromatic N) is 3. The van der Waals surface area contributed by atoms with Crippen LogP contribution in [0.15, 0.2) is 12.4 Å². The molecule has 0 bridgehead atoms. The van der Waals surface area contributed by atoms with E-state index in [-0.39, 0.29) is 0 Å². The molecular weight excluding hydrogens is 246 g/mol. The Morgan fingerprint density at radius 2 is 2.22 bits per heavy atom. The molecule has 0 atom stereocenters. The van der Waals surface area contributed by atoms with Crippen molar-refractivity contribution >= 4 is 12.6 Å². The van der Waals surface area contributed by atoms with Crippen LogP contribution >= 0.6 is 12.6 Å². The number of aromatic nitrogens is 2. The summed E-state index contributed by atoms with van der Waals surface area (Å²) in [6.45, 7) is 3.78. The highest BCUT2D eigenvalue weighted by Crippen LogP contribution is 2.32. The quantitative estimate of drug-likeness (QED) is 0.823. The molecule has 102 valence electrons. The predicted octanol–water partition coefficient (Wildman–Crippen LogP) is 1.58. The van der Waals surface area contributed by atoms with Gasteiger partial charge in [-0.15, -0.1) is 0 Å². The molecule has 1 fully saturated rings. The van der Waals surface area contributed by atoms with Gasteiger partial charge in [-0.1, -0.05) is 0 Å². The first-order chi connectivity index (χ1) is 8.63. The van der Waals surface area contributed by atoms with E-state index >= 15 is 0 Å². The Morgan fingerprint density at radius 3 is 2.78 bits per heavy atom. The zero-order valence-electron chi connectivity index (χ0n) is 11.3. The predicted molar refractivity (Wildman–Crippen MR) is 75.9 cm³/mol. The Labute approximate surface area is 115 Å². The Balaban J connectivity index is 1.90. The van der Waals surface area contributed by atoms with Crippen LogP contribution in [0, 0.1) is 5.41 Å². The van der Waals surface area contributed by atoms with Crippen molar-refractivity contribution in [3.63, 3.8) is 0 Å². The molecule has 0 spiro atoms. The van der Waals surface area contributed by atoms with E-state index < -0.39 is 0 Å². The van der Waals surface area contributed by atoms with Crippen molar-refractivity contribution < 1.29 is 4.74 Å². The molecule has 1 aliphatic heterocycles. The van der Waals surface area contributed by atoms with E-state index in [9.17, 15) is 0 Å². The van der Waals surface area contributed by atoms with Gasteiger partial charge in [0.05, 0.1) is 6.20 Å². The average Bonchev–Trinajstić information content (AvgIpc) is 2.75. The number of hydrogen-bond donors (Lipinski definition) is 1. The molecule has 0 amide bonds. The SMILES string of the molecule is CN(Cc1cnn(C)c1)CC1(CS)CCOCC1. The van der Waals surface area contributed by atoms with E-state index in [0.29, 0.717) is 5.41 Å². The molecule has 1 aromatic heterocycles. The highest BCUT2D eigenvalue weighted by Gasteiger charge is 2.32. The first-order valence-corrected chi connectivity index (χ1v) is 7.11. The minimum Gasteiger partial charge on any atom is -0.381 e. The van der Waals surface area contributed by atoms with Crippen LogP contribution < -0.4 is 0 Å². The van der Waals surface area contributed by atoms with Crippen LogP contribution in [0.2, 0.25) is 0 Å². The molecule has 2 heterocycles. The third-order valence-electron chi connectivity index (χ3n) is 3.71. The van der Waals surface area contributed by atoms with E-state index in [1.54, 1.807) is 0 Å². The van der Waals surface area contributed by atoms with Crippen LogP contribution in [0.3, 0.4) is 0 Å². The fourth-order valence-corrected chi connectivity index (χ4v) is 3.08. The molecule has 5 heteroatoms. The van der Waals surface area contributed by atoms with Crippen LogP contribution in [0.4, 0.5) is 0 Å². The number of rotatable bonds is 5. The smallest absolute Gasteiger partial charge is 0.0534 e. The van der Waals surface area contributed by atoms with Crippen molar-refractivity contribution in [2.45, 2.75) is 19.4 Å². The summed E-state index contributed by atoms with van der Waals surface area (Å²) in [5.41, 5.74) is 1.58. The van der Waals surface area contributed by atoms with E-state index in [4.69, 9.17) is 4.74 Å². The maximum atomic E-state index is 5.46. The summed E-state index contributed by atoms with van der Waals surface area (Å²) < 4.78 is 7.32. The fraction of sp³-hybridized carbons (Fsp3) is 0.769. The van der Waals surface area contributed by atoms with Gasteiger partial charge in [-0.3, -0.25) is 4.68 Å². The fourth-order valence-electron chi connectivity index (χ4n) is 2.66. The van der Waals surface area contributed by atoms with Gasteiger partial charge in [0.1, 0.15) is 0 Å². The summed E-state index contributed by atoms with van der Waals surface area (Å²) in [6, 6.07) is 0. The summed E-state index contributed by atoms with van der Waals surface area (Å²) in [7, 11) is 4.13. The Bertz CT molecular complexity index is 374. The maximum absolute atomic E-state index is 5.46. The Morgan fingerprint density at radius 1 is 1.50 bits per heavy atom. The van der Waals surface area contributed by atoms with Crippen LogP contribution in [0.25, 0.3) is 0 Å². The zero-order valence-corrected chi connectivity index (χ0v) is 12.2. The zero-order chi connectivity index (χ0) is 13.0. The summed E-state index contributed by atoms with van der Waals surface area (Å²) in [4.78, 5) is 2.37. The molecule has 2 rings (SSSR count). The second kappa shape index (κ2) is 6.08. The lowest BCUT2D eigenvalue weighted by Crippen LogP contribution is -2.41. The number of aryl methyl sites for hydroxylation is 1. The molecule has 4 nitrogen and oxygen atoms in total. The van der Waals surface area contributed by atoms with Crippen molar-refractivity contribution in [1.82, 2.24) is 14.7 Å². The summed E-state index contributed by atoms with van der Waals surface area (Å²) >= 11 is 4.56. The third kappa shape index (κ3) is 3.49. The average molecular weight is 269 g/mol. The number of hydrogen-bond acceptors (Lipinski definition) is 4. The van der Waals surface area contributed by atoms with E-state index in [1.165, 1.54) is 5.56 Å². The lowest BCUT2D eigenvalue weighted by molar-refractivity contribution is 0.0105. The van der Waals surface area contributed by atoms with Crippen molar-refractivity contribution in [1.29, 1.82) is 0 Å². The first-order valence-electron chi connectivity index (χ1n) is 6.48. The number of thiol groups is 1. The van der Waals surface area contributed by atoms with Crippen molar-refractivity contribution in [3.8, 4) is 0 Å². The van der Waals surface area contributed by atoms with Crippen molar-refractivity contribution in [2.75, 3.05) is 32.6 Å². The van der Waals surface area contributed by atoms with Crippen LogP contribution in [0.1, 0.15) is 18.4 Å². The summed E-state index contributed by atoms with van der Waals surface area (Å²) in [5, 5.41) is 4.21. The maximum Gasteiger partial charge on any atom is 0.0534 e. The molecule has 0 radical (unpaired) electrons. The molecule has 0 aliphatic carbocycles. The van der Waals surface area contributed by atoms with Crippen LogP contribution in [-0.4, -0.2) is 47.2 Å². The Hall–Kier alpha value is -0.520. The molecule has 1 saturated heterocycles. The van der Waals surface area contributed by atoms with Crippen molar-refractivity contribution in [2.24, 2.45) is 12.5 Å². The topological polar surface area (TPSA) is 30.3 Å². The van der Waals surface area contributed by atoms with Gasteiger partial charge >= 0.3 is 0 Å². The van der Waals surface area contributed by atoms with Gasteiger partial charge in [0.2, 0.25) is 0 Å². The van der Waals surface area contributed by atoms with Gasteiger partial charge in [-0.05, 0) is 31.1 Å². The van der Waals surface area contributed by atoms with Gasteiger partial charge in [-0.25, -0.2) is 0 Å².